The van der Waals surface area contributed by atoms with Crippen LogP contribution < -0.4 is 0 Å². The summed E-state index contributed by atoms with van der Waals surface area (Å²) < 4.78 is 37.5. The summed E-state index contributed by atoms with van der Waals surface area (Å²) >= 11 is 9.75. The second-order valence-electron chi connectivity index (χ2n) is 0.407. The molecule has 0 aromatic heterocycles. The van der Waals surface area contributed by atoms with E-state index in [0.29, 0.717) is 0 Å². The molecule has 0 fully saturated rings. The van der Waals surface area contributed by atoms with Crippen molar-refractivity contribution in [2.24, 2.45) is 0 Å². The maximum absolute atomic E-state index is 7.50. The van der Waals surface area contributed by atoms with Gasteiger partial charge in [-0.25, -0.2) is 6.57 Å². The van der Waals surface area contributed by atoms with E-state index in [-0.39, 0.29) is 17.4 Å². The first kappa shape index (κ1) is 45.4. The van der Waals surface area contributed by atoms with Crippen LogP contribution in [0.3, 0.4) is 0 Å². The summed E-state index contributed by atoms with van der Waals surface area (Å²) in [5.74, 6) is 0. The van der Waals surface area contributed by atoms with Gasteiger partial charge >= 0.3 is 61.5 Å². The molecule has 0 aromatic carbocycles. The zero-order chi connectivity index (χ0) is 14.3. The van der Waals surface area contributed by atoms with Crippen molar-refractivity contribution >= 4 is 23.2 Å². The number of alkyl halides is 2. The minimum atomic E-state index is -0.880. The average Bonchev–Trinajstić information content (AvgIpc) is 2.41. The van der Waals surface area contributed by atoms with Gasteiger partial charge < -0.3 is 0 Å². The molecule has 0 amide bonds. The summed E-state index contributed by atoms with van der Waals surface area (Å²) in [4.78, 5) is 1.79. The molecule has 0 atom stereocenters. The van der Waals surface area contributed by atoms with E-state index in [1.807, 2.05) is 0 Å². The first-order valence-electron chi connectivity index (χ1n) is 1.94. The van der Waals surface area contributed by atoms with Crippen molar-refractivity contribution in [3.8, 4) is 0 Å². The first-order chi connectivity index (χ1) is 7.27. The first-order valence-corrected chi connectivity index (χ1v) is 2.81. The number of hydrogen-bond donors (Lipinski definition) is 0. The molecule has 0 aromatic rings. The molecule has 0 aliphatic carbocycles. The van der Waals surface area contributed by atoms with Crippen LogP contribution in [0.2, 0.25) is 0 Å². The van der Waals surface area contributed by atoms with Crippen LogP contribution >= 0.6 is 23.2 Å². The Labute approximate surface area is 113 Å². The summed E-state index contributed by atoms with van der Waals surface area (Å²) in [5.41, 5.74) is 0. The van der Waals surface area contributed by atoms with Gasteiger partial charge in [0.05, 0.1) is 0 Å². The van der Waals surface area contributed by atoms with Crippen molar-refractivity contribution in [1.82, 2.24) is 0 Å². The molecule has 6 nitrogen and oxygen atoms in total. The zero-order valence-corrected chi connectivity index (χ0v) is 10.0. The van der Waals surface area contributed by atoms with Gasteiger partial charge in [0.15, 0.2) is 0 Å². The van der Waals surface area contributed by atoms with Crippen LogP contribution in [-0.2, 0) is 40.6 Å². The van der Waals surface area contributed by atoms with E-state index in [1.54, 1.807) is 0 Å². The van der Waals surface area contributed by atoms with Crippen molar-refractivity contribution < 1.29 is 40.6 Å². The van der Waals surface area contributed by atoms with Gasteiger partial charge in [-0.2, -0.15) is 0 Å². The number of halogens is 2. The van der Waals surface area contributed by atoms with Crippen molar-refractivity contribution in [1.29, 1.82) is 0 Å². The number of rotatable bonds is 0. The monoisotopic (exact) mass is 301 g/mol. The summed E-state index contributed by atoms with van der Waals surface area (Å²) in [6.07, 6.45) is 0. The summed E-state index contributed by atoms with van der Waals surface area (Å²) in [6, 6.07) is 0. The van der Waals surface area contributed by atoms with Crippen LogP contribution in [0.25, 0.3) is 4.85 Å². The minimum Gasteiger partial charge on any atom is 0 e. The van der Waals surface area contributed by atoms with Crippen LogP contribution in [0.15, 0.2) is 0 Å². The van der Waals surface area contributed by atoms with Gasteiger partial charge in [-0.3, -0.25) is 4.85 Å². The summed E-state index contributed by atoms with van der Waals surface area (Å²) in [6.45, 7) is 28.5. The van der Waals surface area contributed by atoms with Gasteiger partial charge in [-0.15, -0.1) is 0 Å². The third-order valence-corrected chi connectivity index (χ3v) is 0.293. The number of nitrogens with zero attached hydrogens (tertiary/aromatic N) is 1. The fraction of sp³-hybridized carbons (Fsp3) is 0.143. The minimum absolute atomic E-state index is 0. The Kier molecular flexibility index (Phi) is 659. The molecule has 0 aliphatic rings. The third-order valence-electron chi connectivity index (χ3n) is 0.0976. The Bertz CT molecular complexity index is 181. The average molecular weight is 302 g/mol. The van der Waals surface area contributed by atoms with Crippen molar-refractivity contribution in [3.63, 3.8) is 0 Å². The van der Waals surface area contributed by atoms with E-state index in [4.69, 9.17) is 53.0 Å². The molecule has 0 saturated carbocycles. The Morgan fingerprint density at radius 3 is 0.750 bits per heavy atom. The molecule has 84 valence electrons. The second kappa shape index (κ2) is 232. The molecule has 0 heterocycles. The summed E-state index contributed by atoms with van der Waals surface area (Å²) in [7, 11) is 0. The Morgan fingerprint density at radius 1 is 0.688 bits per heavy atom. The molecule has 16 heavy (non-hydrogen) atoms. The second-order valence-corrected chi connectivity index (χ2v) is 1.46. The summed E-state index contributed by atoms with van der Waals surface area (Å²) in [5, 5.41) is 0. The van der Waals surface area contributed by atoms with E-state index in [0.717, 1.165) is 0 Å². The van der Waals surface area contributed by atoms with Gasteiger partial charge in [-0.1, -0.05) is 0 Å². The fourth-order valence-electron chi connectivity index (χ4n) is 0. The zero-order valence-electron chi connectivity index (χ0n) is 7.23. The van der Waals surface area contributed by atoms with Gasteiger partial charge in [0.25, 0.3) is 0 Å². The fourth-order valence-corrected chi connectivity index (χ4v) is 0. The van der Waals surface area contributed by atoms with Crippen LogP contribution in [0, 0.1) is 39.8 Å². The van der Waals surface area contributed by atoms with Gasteiger partial charge in [-0.05, 0) is 23.2 Å². The molecule has 0 N–H and O–H groups in total. The van der Waals surface area contributed by atoms with Crippen LogP contribution in [0.1, 0.15) is 0 Å². The van der Waals surface area contributed by atoms with Crippen LogP contribution in [0.5, 0.6) is 0 Å². The molecule has 0 unspecified atom stereocenters. The van der Waals surface area contributed by atoms with Crippen molar-refractivity contribution in [2.45, 2.75) is 4.96 Å². The van der Waals surface area contributed by atoms with Gasteiger partial charge in [0, 0.05) is 17.4 Å². The molecule has 0 radical (unpaired) electrons. The molecule has 9 heteroatoms. The quantitative estimate of drug-likeness (QED) is 0.280. The Balaban J connectivity index is -0.0000000130. The Morgan fingerprint density at radius 2 is 0.750 bits per heavy atom. The van der Waals surface area contributed by atoms with E-state index in [9.17, 15) is 0 Å². The Hall–Kier alpha value is -0.698. The standard InChI is InChI=1S/C2HCl2N.5CO.Cr/c1-5-2(3)4;5*1-2;/h2H;;;;;;. The van der Waals surface area contributed by atoms with E-state index in [1.165, 1.54) is 0 Å². The van der Waals surface area contributed by atoms with E-state index >= 15 is 0 Å². The van der Waals surface area contributed by atoms with Crippen LogP contribution in [0.4, 0.5) is 0 Å². The third kappa shape index (κ3) is 1190. The van der Waals surface area contributed by atoms with Gasteiger partial charge in [0.2, 0.25) is 0 Å². The molecule has 0 saturated heterocycles. The van der Waals surface area contributed by atoms with E-state index < -0.39 is 4.96 Å². The molecule has 0 spiro atoms. The largest absolute Gasteiger partial charge is 0 e. The maximum Gasteiger partial charge on any atom is 0 e. The van der Waals surface area contributed by atoms with Crippen LogP contribution in [-0.4, -0.2) is 4.96 Å². The van der Waals surface area contributed by atoms with Crippen molar-refractivity contribution in [2.75, 3.05) is 0 Å². The predicted molar refractivity (Wildman–Crippen MR) is 41.7 cm³/mol. The SMILES string of the molecule is [C-]#[N+]C(Cl)Cl.[C-]#[O+].[C-]#[O+].[C-]#[O+].[C-]#[O+].[C-]#[O+].[Cr]. The van der Waals surface area contributed by atoms with Gasteiger partial charge in [0.1, 0.15) is 0 Å². The van der Waals surface area contributed by atoms with Crippen molar-refractivity contribution in [3.05, 3.63) is 44.7 Å². The predicted octanol–water partition coefficient (Wildman–Crippen LogP) is 1.48. The molecule has 0 aliphatic heterocycles. The molecule has 0 bridgehead atoms. The smallest absolute Gasteiger partial charge is 0 e. The normalized spacial score (nSPS) is 3.00. The molecule has 0 rings (SSSR count). The number of hydrogen-bond acceptors (Lipinski definition) is 0. The van der Waals surface area contributed by atoms with E-state index in [2.05, 4.69) is 38.1 Å². The molecular formula is C7HCl2CrNO5. The maximum atomic E-state index is 7.50. The molecular weight excluding hydrogens is 301 g/mol. The topological polar surface area (TPSA) is 104 Å².